The molecule has 0 atom stereocenters. The smallest absolute Gasteiger partial charge is 0.182 e. The van der Waals surface area contributed by atoms with Crippen LogP contribution < -0.4 is 0 Å². The van der Waals surface area contributed by atoms with Crippen molar-refractivity contribution in [3.8, 4) is 45.6 Å². The van der Waals surface area contributed by atoms with Crippen molar-refractivity contribution in [2.75, 3.05) is 0 Å². The van der Waals surface area contributed by atoms with Gasteiger partial charge in [-0.25, -0.2) is 15.0 Å². The highest BCUT2D eigenvalue weighted by Crippen LogP contribution is 2.37. The summed E-state index contributed by atoms with van der Waals surface area (Å²) in [6.07, 6.45) is 3.48. The highest BCUT2D eigenvalue weighted by molar-refractivity contribution is 6.12. The molecule has 0 spiro atoms. The van der Waals surface area contributed by atoms with E-state index in [1.807, 2.05) is 36.4 Å². The van der Waals surface area contributed by atoms with E-state index in [4.69, 9.17) is 9.97 Å². The third-order valence-corrected chi connectivity index (χ3v) is 6.63. The molecular formula is C33H21N5. The Labute approximate surface area is 219 Å². The van der Waals surface area contributed by atoms with Crippen LogP contribution in [0, 0.1) is 0 Å². The Morgan fingerprint density at radius 1 is 0.395 bits per heavy atom. The van der Waals surface area contributed by atoms with Gasteiger partial charge >= 0.3 is 0 Å². The van der Waals surface area contributed by atoms with E-state index in [2.05, 4.69) is 93.8 Å². The zero-order valence-corrected chi connectivity index (χ0v) is 20.4. The molecule has 7 aromatic rings. The first-order chi connectivity index (χ1) is 18.8. The van der Waals surface area contributed by atoms with Crippen molar-refractivity contribution < 1.29 is 0 Å². The lowest BCUT2D eigenvalue weighted by Gasteiger charge is -2.13. The van der Waals surface area contributed by atoms with E-state index in [0.29, 0.717) is 28.9 Å². The van der Waals surface area contributed by atoms with Gasteiger partial charge in [0.05, 0.1) is 0 Å². The Morgan fingerprint density at radius 3 is 1.39 bits per heavy atom. The van der Waals surface area contributed by atoms with Gasteiger partial charge in [0.2, 0.25) is 0 Å². The minimum absolute atomic E-state index is 0.514. The van der Waals surface area contributed by atoms with Crippen LogP contribution in [-0.4, -0.2) is 24.9 Å². The summed E-state index contributed by atoms with van der Waals surface area (Å²) >= 11 is 0. The summed E-state index contributed by atoms with van der Waals surface area (Å²) in [6.45, 7) is 0. The van der Waals surface area contributed by atoms with Gasteiger partial charge < -0.3 is 0 Å². The van der Waals surface area contributed by atoms with Crippen molar-refractivity contribution in [3.05, 3.63) is 128 Å². The number of pyridine rings is 2. The Bertz CT molecular complexity index is 1790. The van der Waals surface area contributed by atoms with E-state index in [1.54, 1.807) is 12.4 Å². The summed E-state index contributed by atoms with van der Waals surface area (Å²) in [5.41, 5.74) is 4.64. The van der Waals surface area contributed by atoms with Gasteiger partial charge in [0, 0.05) is 18.0 Å². The van der Waals surface area contributed by atoms with Crippen molar-refractivity contribution in [1.82, 2.24) is 24.9 Å². The van der Waals surface area contributed by atoms with E-state index in [0.717, 1.165) is 11.1 Å². The first kappa shape index (κ1) is 21.9. The lowest BCUT2D eigenvalue weighted by molar-refractivity contribution is 1.05. The molecule has 3 aromatic heterocycles. The second kappa shape index (κ2) is 9.30. The second-order valence-corrected chi connectivity index (χ2v) is 9.01. The standard InChI is InChI=1S/C33H21N5/c1-3-11-26-24(9-1)21-25-10-2-4-12-27(25)30(26)22-15-17-23(18-16-22)31-36-32(28-13-5-7-19-34-28)38-33(37-31)29-14-6-8-20-35-29/h1-21H. The van der Waals surface area contributed by atoms with Crippen LogP contribution in [0.3, 0.4) is 0 Å². The minimum Gasteiger partial charge on any atom is -0.253 e. The van der Waals surface area contributed by atoms with Gasteiger partial charge in [-0.3, -0.25) is 9.97 Å². The average molecular weight is 488 g/mol. The highest BCUT2D eigenvalue weighted by Gasteiger charge is 2.15. The van der Waals surface area contributed by atoms with Crippen LogP contribution >= 0.6 is 0 Å². The van der Waals surface area contributed by atoms with Crippen molar-refractivity contribution in [2.24, 2.45) is 0 Å². The maximum Gasteiger partial charge on any atom is 0.182 e. The van der Waals surface area contributed by atoms with Crippen molar-refractivity contribution in [2.45, 2.75) is 0 Å². The van der Waals surface area contributed by atoms with Crippen LogP contribution in [0.2, 0.25) is 0 Å². The Morgan fingerprint density at radius 2 is 0.868 bits per heavy atom. The summed E-state index contributed by atoms with van der Waals surface area (Å²) in [4.78, 5) is 23.2. The Kier molecular flexibility index (Phi) is 5.37. The van der Waals surface area contributed by atoms with E-state index in [-0.39, 0.29) is 0 Å². The van der Waals surface area contributed by atoms with Crippen LogP contribution in [0.15, 0.2) is 128 Å². The molecule has 5 nitrogen and oxygen atoms in total. The molecule has 0 saturated carbocycles. The van der Waals surface area contributed by atoms with Crippen LogP contribution in [0.1, 0.15) is 0 Å². The topological polar surface area (TPSA) is 64.5 Å². The molecule has 178 valence electrons. The maximum atomic E-state index is 4.79. The first-order valence-corrected chi connectivity index (χ1v) is 12.4. The van der Waals surface area contributed by atoms with E-state index >= 15 is 0 Å². The molecule has 38 heavy (non-hydrogen) atoms. The van der Waals surface area contributed by atoms with Crippen LogP contribution in [0.4, 0.5) is 0 Å². The molecule has 0 bridgehead atoms. The van der Waals surface area contributed by atoms with Gasteiger partial charge in [0.25, 0.3) is 0 Å². The van der Waals surface area contributed by atoms with Crippen LogP contribution in [0.5, 0.6) is 0 Å². The zero-order chi connectivity index (χ0) is 25.3. The van der Waals surface area contributed by atoms with Crippen molar-refractivity contribution in [3.63, 3.8) is 0 Å². The summed E-state index contributed by atoms with van der Waals surface area (Å²) in [5.74, 6) is 1.61. The van der Waals surface area contributed by atoms with E-state index < -0.39 is 0 Å². The molecule has 4 aromatic carbocycles. The second-order valence-electron chi connectivity index (χ2n) is 9.01. The normalized spacial score (nSPS) is 11.2. The van der Waals surface area contributed by atoms with Gasteiger partial charge in [-0.15, -0.1) is 0 Å². The number of fused-ring (bicyclic) bond motifs is 2. The van der Waals surface area contributed by atoms with Gasteiger partial charge in [0.1, 0.15) is 11.4 Å². The first-order valence-electron chi connectivity index (χ1n) is 12.4. The quantitative estimate of drug-likeness (QED) is 0.239. The number of hydrogen-bond acceptors (Lipinski definition) is 5. The predicted molar refractivity (Wildman–Crippen MR) is 152 cm³/mol. The summed E-state index contributed by atoms with van der Waals surface area (Å²) in [6, 6.07) is 39.2. The number of benzene rings is 4. The lowest BCUT2D eigenvalue weighted by atomic mass is 9.92. The summed E-state index contributed by atoms with van der Waals surface area (Å²) in [7, 11) is 0. The monoisotopic (exact) mass is 487 g/mol. The predicted octanol–water partition coefficient (Wildman–Crippen LogP) is 7.64. The van der Waals surface area contributed by atoms with Gasteiger partial charge in [-0.05, 0) is 63.0 Å². The fourth-order valence-corrected chi connectivity index (χ4v) is 4.83. The molecule has 0 aliphatic carbocycles. The third kappa shape index (κ3) is 3.96. The summed E-state index contributed by atoms with van der Waals surface area (Å²) < 4.78 is 0. The van der Waals surface area contributed by atoms with Gasteiger partial charge in [-0.2, -0.15) is 0 Å². The molecule has 0 unspecified atom stereocenters. The average Bonchev–Trinajstić information content (AvgIpc) is 3.00. The lowest BCUT2D eigenvalue weighted by Crippen LogP contribution is -2.01. The molecule has 0 radical (unpaired) electrons. The fourth-order valence-electron chi connectivity index (χ4n) is 4.83. The zero-order valence-electron chi connectivity index (χ0n) is 20.4. The number of nitrogens with zero attached hydrogens (tertiary/aromatic N) is 5. The van der Waals surface area contributed by atoms with Gasteiger partial charge in [-0.1, -0.05) is 84.9 Å². The minimum atomic E-state index is 0.514. The highest BCUT2D eigenvalue weighted by atomic mass is 15.1. The molecule has 0 aliphatic rings. The molecular weight excluding hydrogens is 466 g/mol. The molecule has 0 N–H and O–H groups in total. The Hall–Kier alpha value is -5.29. The van der Waals surface area contributed by atoms with Crippen molar-refractivity contribution in [1.29, 1.82) is 0 Å². The fraction of sp³-hybridized carbons (Fsp3) is 0. The summed E-state index contributed by atoms with van der Waals surface area (Å²) in [5, 5.41) is 4.91. The SMILES string of the molecule is c1ccc(-c2nc(-c3ccc(-c4c5ccccc5cc5ccccc45)cc3)nc(-c3ccccn3)n2)nc1. The Balaban J connectivity index is 1.38. The molecule has 0 fully saturated rings. The van der Waals surface area contributed by atoms with E-state index in [9.17, 15) is 0 Å². The number of hydrogen-bond donors (Lipinski definition) is 0. The molecule has 7 rings (SSSR count). The molecule has 3 heterocycles. The molecule has 5 heteroatoms. The maximum absolute atomic E-state index is 4.79. The van der Waals surface area contributed by atoms with Gasteiger partial charge in [0.15, 0.2) is 17.5 Å². The van der Waals surface area contributed by atoms with Crippen LogP contribution in [-0.2, 0) is 0 Å². The third-order valence-electron chi connectivity index (χ3n) is 6.63. The number of rotatable bonds is 4. The number of aromatic nitrogens is 5. The molecule has 0 saturated heterocycles. The molecule has 0 amide bonds. The molecule has 0 aliphatic heterocycles. The van der Waals surface area contributed by atoms with E-state index in [1.165, 1.54) is 27.1 Å². The largest absolute Gasteiger partial charge is 0.253 e. The van der Waals surface area contributed by atoms with Crippen LogP contribution in [0.25, 0.3) is 67.1 Å². The van der Waals surface area contributed by atoms with Crippen molar-refractivity contribution >= 4 is 21.5 Å².